The number of ether oxygens (including phenoxy) is 1. The fourth-order valence-electron chi connectivity index (χ4n) is 3.62. The zero-order valence-corrected chi connectivity index (χ0v) is 13.3. The summed E-state index contributed by atoms with van der Waals surface area (Å²) < 4.78 is 5.77. The Morgan fingerprint density at radius 2 is 1.78 bits per heavy atom. The molecule has 0 N–H and O–H groups in total. The van der Waals surface area contributed by atoms with Crippen LogP contribution in [0.2, 0.25) is 0 Å². The lowest BCUT2D eigenvalue weighted by Crippen LogP contribution is -2.33. The summed E-state index contributed by atoms with van der Waals surface area (Å²) in [7, 11) is 0. The molecule has 4 rings (SSSR count). The van der Waals surface area contributed by atoms with Gasteiger partial charge in [-0.15, -0.1) is 0 Å². The zero-order chi connectivity index (χ0) is 15.6. The van der Waals surface area contributed by atoms with Gasteiger partial charge in [-0.25, -0.2) is 0 Å². The Balaban J connectivity index is 1.42. The van der Waals surface area contributed by atoms with Gasteiger partial charge in [0, 0.05) is 12.2 Å². The molecule has 23 heavy (non-hydrogen) atoms. The molecule has 0 spiro atoms. The van der Waals surface area contributed by atoms with E-state index in [1.165, 1.54) is 36.0 Å². The minimum absolute atomic E-state index is 0.0349. The van der Waals surface area contributed by atoms with Gasteiger partial charge in [-0.05, 0) is 67.0 Å². The Morgan fingerprint density at radius 3 is 2.70 bits per heavy atom. The van der Waals surface area contributed by atoms with Crippen LogP contribution in [-0.4, -0.2) is 19.1 Å². The summed E-state index contributed by atoms with van der Waals surface area (Å²) in [6.45, 7) is 0.860. The Kier molecular flexibility index (Phi) is 3.78. The molecular weight excluding hydrogens is 286 g/mol. The molecule has 2 aromatic rings. The normalized spacial score (nSPS) is 15.9. The van der Waals surface area contributed by atoms with Crippen LogP contribution in [0.25, 0.3) is 0 Å². The Hall–Kier alpha value is -2.29. The Labute approximate surface area is 136 Å². The molecular formula is C20H21NO2. The number of benzene rings is 2. The van der Waals surface area contributed by atoms with Crippen LogP contribution in [0.1, 0.15) is 29.5 Å². The number of rotatable bonds is 3. The second kappa shape index (κ2) is 6.07. The van der Waals surface area contributed by atoms with E-state index in [0.29, 0.717) is 0 Å². The second-order valence-corrected chi connectivity index (χ2v) is 6.35. The van der Waals surface area contributed by atoms with Gasteiger partial charge >= 0.3 is 0 Å². The molecule has 2 aromatic carbocycles. The number of hydrogen-bond acceptors (Lipinski definition) is 2. The highest BCUT2D eigenvalue weighted by molar-refractivity contribution is 5.96. The van der Waals surface area contributed by atoms with Crippen molar-refractivity contribution >= 4 is 11.6 Å². The molecule has 0 saturated heterocycles. The fourth-order valence-corrected chi connectivity index (χ4v) is 3.62. The summed E-state index contributed by atoms with van der Waals surface area (Å²) in [5, 5.41) is 0. The van der Waals surface area contributed by atoms with Gasteiger partial charge in [-0.3, -0.25) is 4.79 Å². The van der Waals surface area contributed by atoms with Crippen LogP contribution in [0.15, 0.2) is 42.5 Å². The van der Waals surface area contributed by atoms with Gasteiger partial charge in [0.15, 0.2) is 6.61 Å². The highest BCUT2D eigenvalue weighted by Crippen LogP contribution is 2.28. The van der Waals surface area contributed by atoms with E-state index in [1.807, 2.05) is 29.2 Å². The van der Waals surface area contributed by atoms with Crippen molar-refractivity contribution in [2.24, 2.45) is 0 Å². The first-order valence-electron chi connectivity index (χ1n) is 8.44. The predicted molar refractivity (Wildman–Crippen MR) is 91.1 cm³/mol. The third-order valence-corrected chi connectivity index (χ3v) is 4.87. The van der Waals surface area contributed by atoms with Gasteiger partial charge in [0.1, 0.15) is 5.75 Å². The molecule has 0 unspecified atom stereocenters. The minimum Gasteiger partial charge on any atom is -0.484 e. The molecule has 0 saturated carbocycles. The number of para-hydroxylation sites is 1. The van der Waals surface area contributed by atoms with E-state index >= 15 is 0 Å². The number of nitrogens with zero attached hydrogens (tertiary/aromatic N) is 1. The van der Waals surface area contributed by atoms with Crippen LogP contribution in [0, 0.1) is 0 Å². The largest absolute Gasteiger partial charge is 0.484 e. The van der Waals surface area contributed by atoms with Crippen LogP contribution < -0.4 is 9.64 Å². The standard InChI is InChI=1S/C20H21NO2/c22-20(21-12-11-16-6-3-4-8-19(16)21)14-23-18-10-9-15-5-1-2-7-17(15)13-18/h3-4,6,8-10,13H,1-2,5,7,11-12,14H2. The summed E-state index contributed by atoms with van der Waals surface area (Å²) in [5.74, 6) is 0.846. The second-order valence-electron chi connectivity index (χ2n) is 6.35. The van der Waals surface area contributed by atoms with Crippen molar-refractivity contribution < 1.29 is 9.53 Å². The van der Waals surface area contributed by atoms with Gasteiger partial charge in [0.05, 0.1) is 0 Å². The van der Waals surface area contributed by atoms with Crippen molar-refractivity contribution in [3.63, 3.8) is 0 Å². The van der Waals surface area contributed by atoms with Crippen molar-refractivity contribution in [1.29, 1.82) is 0 Å². The van der Waals surface area contributed by atoms with Crippen molar-refractivity contribution in [2.75, 3.05) is 18.1 Å². The van der Waals surface area contributed by atoms with E-state index in [1.54, 1.807) is 0 Å². The maximum atomic E-state index is 12.5. The predicted octanol–water partition coefficient (Wildman–Crippen LogP) is 3.53. The average molecular weight is 307 g/mol. The minimum atomic E-state index is 0.0349. The van der Waals surface area contributed by atoms with Gasteiger partial charge in [0.25, 0.3) is 5.91 Å². The maximum absolute atomic E-state index is 12.5. The molecule has 0 atom stereocenters. The first kappa shape index (κ1) is 14.3. The molecule has 0 radical (unpaired) electrons. The number of carbonyl (C=O) groups excluding carboxylic acids is 1. The molecule has 2 aliphatic rings. The van der Waals surface area contributed by atoms with E-state index in [2.05, 4.69) is 18.2 Å². The molecule has 3 nitrogen and oxygen atoms in total. The number of aryl methyl sites for hydroxylation is 2. The SMILES string of the molecule is O=C(COc1ccc2c(c1)CCCC2)N1CCc2ccccc21. The van der Waals surface area contributed by atoms with Gasteiger partial charge in [0.2, 0.25) is 0 Å². The van der Waals surface area contributed by atoms with Gasteiger partial charge in [-0.1, -0.05) is 24.3 Å². The molecule has 0 aromatic heterocycles. The lowest BCUT2D eigenvalue weighted by molar-refractivity contribution is -0.120. The zero-order valence-electron chi connectivity index (χ0n) is 13.3. The number of hydrogen-bond donors (Lipinski definition) is 0. The van der Waals surface area contributed by atoms with E-state index in [4.69, 9.17) is 4.74 Å². The number of carbonyl (C=O) groups is 1. The number of anilines is 1. The summed E-state index contributed by atoms with van der Waals surface area (Å²) >= 11 is 0. The Bertz CT molecular complexity index is 738. The summed E-state index contributed by atoms with van der Waals surface area (Å²) in [6, 6.07) is 14.4. The fraction of sp³-hybridized carbons (Fsp3) is 0.350. The summed E-state index contributed by atoms with van der Waals surface area (Å²) in [5.41, 5.74) is 5.09. The van der Waals surface area contributed by atoms with Gasteiger partial charge < -0.3 is 9.64 Å². The molecule has 0 fully saturated rings. The van der Waals surface area contributed by atoms with Crippen LogP contribution in [0.4, 0.5) is 5.69 Å². The van der Waals surface area contributed by atoms with E-state index < -0.39 is 0 Å². The molecule has 3 heteroatoms. The lowest BCUT2D eigenvalue weighted by atomic mass is 9.92. The Morgan fingerprint density at radius 1 is 0.957 bits per heavy atom. The summed E-state index contributed by atoms with van der Waals surface area (Å²) in [4.78, 5) is 14.3. The van der Waals surface area contributed by atoms with E-state index in [0.717, 1.165) is 30.8 Å². The molecule has 1 aliphatic heterocycles. The van der Waals surface area contributed by atoms with Crippen LogP contribution >= 0.6 is 0 Å². The number of fused-ring (bicyclic) bond motifs is 2. The molecule has 1 amide bonds. The monoisotopic (exact) mass is 307 g/mol. The van der Waals surface area contributed by atoms with Crippen molar-refractivity contribution in [3.05, 3.63) is 59.2 Å². The molecule has 0 bridgehead atoms. The quantitative estimate of drug-likeness (QED) is 0.868. The topological polar surface area (TPSA) is 29.5 Å². The smallest absolute Gasteiger partial charge is 0.264 e. The third-order valence-electron chi connectivity index (χ3n) is 4.87. The average Bonchev–Trinajstić information content (AvgIpc) is 3.03. The maximum Gasteiger partial charge on any atom is 0.264 e. The molecule has 1 heterocycles. The summed E-state index contributed by atoms with van der Waals surface area (Å²) in [6.07, 6.45) is 5.75. The van der Waals surface area contributed by atoms with Crippen molar-refractivity contribution in [2.45, 2.75) is 32.1 Å². The van der Waals surface area contributed by atoms with E-state index in [-0.39, 0.29) is 12.5 Å². The van der Waals surface area contributed by atoms with Crippen LogP contribution in [0.3, 0.4) is 0 Å². The highest BCUT2D eigenvalue weighted by Gasteiger charge is 2.24. The molecule has 1 aliphatic carbocycles. The first-order valence-corrected chi connectivity index (χ1v) is 8.44. The highest BCUT2D eigenvalue weighted by atomic mass is 16.5. The van der Waals surface area contributed by atoms with Gasteiger partial charge in [-0.2, -0.15) is 0 Å². The number of amides is 1. The van der Waals surface area contributed by atoms with Crippen molar-refractivity contribution in [1.82, 2.24) is 0 Å². The lowest BCUT2D eigenvalue weighted by Gasteiger charge is -2.19. The van der Waals surface area contributed by atoms with E-state index in [9.17, 15) is 4.79 Å². The first-order chi connectivity index (χ1) is 11.3. The van der Waals surface area contributed by atoms with Crippen molar-refractivity contribution in [3.8, 4) is 5.75 Å². The van der Waals surface area contributed by atoms with Crippen LogP contribution in [-0.2, 0) is 24.1 Å². The third kappa shape index (κ3) is 2.83. The van der Waals surface area contributed by atoms with Crippen LogP contribution in [0.5, 0.6) is 5.75 Å². The molecule has 118 valence electrons.